The van der Waals surface area contributed by atoms with E-state index in [0.29, 0.717) is 28.2 Å². The number of halogens is 2. The number of hydrogen-bond donors (Lipinski definition) is 1. The first-order valence-corrected chi connectivity index (χ1v) is 7.13. The van der Waals surface area contributed by atoms with Crippen molar-refractivity contribution in [3.8, 4) is 0 Å². The van der Waals surface area contributed by atoms with Gasteiger partial charge in [-0.1, -0.05) is 59.7 Å². The third kappa shape index (κ3) is 4.18. The van der Waals surface area contributed by atoms with Crippen LogP contribution in [0.3, 0.4) is 0 Å². The van der Waals surface area contributed by atoms with E-state index in [1.165, 1.54) is 0 Å². The molecule has 0 aliphatic heterocycles. The van der Waals surface area contributed by atoms with Gasteiger partial charge >= 0.3 is 0 Å². The number of rotatable bonds is 5. The number of benzene rings is 2. The summed E-state index contributed by atoms with van der Waals surface area (Å²) in [6, 6.07) is 13.0. The molecule has 2 nitrogen and oxygen atoms in total. The Labute approximate surface area is 133 Å². The first kappa shape index (κ1) is 15.3. The van der Waals surface area contributed by atoms with E-state index in [-0.39, 0.29) is 0 Å². The van der Waals surface area contributed by atoms with Crippen molar-refractivity contribution >= 4 is 40.4 Å². The molecule has 104 valence electrons. The minimum Gasteiger partial charge on any atom is -0.389 e. The molecular formula is C15H13Cl2NOS. The van der Waals surface area contributed by atoms with E-state index in [2.05, 4.69) is 0 Å². The van der Waals surface area contributed by atoms with Crippen molar-refractivity contribution in [1.29, 1.82) is 0 Å². The van der Waals surface area contributed by atoms with Gasteiger partial charge in [0.15, 0.2) is 0 Å². The van der Waals surface area contributed by atoms with Crippen LogP contribution in [0.25, 0.3) is 0 Å². The summed E-state index contributed by atoms with van der Waals surface area (Å²) in [5, 5.41) is 1.32. The van der Waals surface area contributed by atoms with Crippen molar-refractivity contribution in [2.24, 2.45) is 5.73 Å². The van der Waals surface area contributed by atoms with Crippen LogP contribution in [-0.2, 0) is 18.0 Å². The summed E-state index contributed by atoms with van der Waals surface area (Å²) >= 11 is 16.9. The second-order valence-electron chi connectivity index (χ2n) is 4.29. The van der Waals surface area contributed by atoms with Gasteiger partial charge in [-0.2, -0.15) is 0 Å². The molecule has 0 saturated heterocycles. The van der Waals surface area contributed by atoms with Crippen LogP contribution in [0.4, 0.5) is 0 Å². The Hall–Kier alpha value is -1.13. The zero-order chi connectivity index (χ0) is 14.5. The number of hydrogen-bond acceptors (Lipinski definition) is 2. The van der Waals surface area contributed by atoms with Crippen LogP contribution < -0.4 is 5.73 Å². The fourth-order valence-electron chi connectivity index (χ4n) is 1.68. The molecule has 0 heterocycles. The summed E-state index contributed by atoms with van der Waals surface area (Å²) in [7, 11) is 0. The Morgan fingerprint density at radius 3 is 2.35 bits per heavy atom. The summed E-state index contributed by atoms with van der Waals surface area (Å²) in [6.07, 6.45) is 0. The molecule has 0 aliphatic carbocycles. The van der Waals surface area contributed by atoms with Crippen LogP contribution in [-0.4, -0.2) is 4.99 Å². The summed E-state index contributed by atoms with van der Waals surface area (Å²) in [5.74, 6) is 0. The molecule has 2 N–H and O–H groups in total. The molecule has 20 heavy (non-hydrogen) atoms. The Morgan fingerprint density at radius 2 is 1.75 bits per heavy atom. The van der Waals surface area contributed by atoms with Gasteiger partial charge in [-0.05, 0) is 29.3 Å². The molecule has 0 radical (unpaired) electrons. The zero-order valence-electron chi connectivity index (χ0n) is 10.6. The summed E-state index contributed by atoms with van der Waals surface area (Å²) in [4.78, 5) is 0.334. The maximum Gasteiger partial charge on any atom is 0.104 e. The maximum absolute atomic E-state index is 6.16. The van der Waals surface area contributed by atoms with Crippen LogP contribution in [0.15, 0.2) is 42.5 Å². The number of nitrogens with two attached hydrogens (primary N) is 1. The smallest absolute Gasteiger partial charge is 0.104 e. The van der Waals surface area contributed by atoms with Gasteiger partial charge in [0.1, 0.15) is 4.99 Å². The third-order valence-electron chi connectivity index (χ3n) is 2.78. The fraction of sp³-hybridized carbons (Fsp3) is 0.133. The van der Waals surface area contributed by atoms with Gasteiger partial charge < -0.3 is 10.5 Å². The van der Waals surface area contributed by atoms with Gasteiger partial charge in [0.05, 0.1) is 13.2 Å². The van der Waals surface area contributed by atoms with Crippen LogP contribution in [0.1, 0.15) is 16.7 Å². The summed E-state index contributed by atoms with van der Waals surface area (Å²) in [6.45, 7) is 0.934. The molecule has 0 aliphatic rings. The van der Waals surface area contributed by atoms with Crippen molar-refractivity contribution in [1.82, 2.24) is 0 Å². The molecule has 0 bridgehead atoms. The SMILES string of the molecule is NC(=S)c1ccc(COCc2ccc(Cl)cc2)c(Cl)c1. The van der Waals surface area contributed by atoms with Gasteiger partial charge in [-0.3, -0.25) is 0 Å². The van der Waals surface area contributed by atoms with E-state index in [4.69, 9.17) is 45.9 Å². The van der Waals surface area contributed by atoms with Crippen LogP contribution in [0.5, 0.6) is 0 Å². The maximum atomic E-state index is 6.16. The van der Waals surface area contributed by atoms with Crippen molar-refractivity contribution in [3.05, 3.63) is 69.2 Å². The second-order valence-corrected chi connectivity index (χ2v) is 5.57. The van der Waals surface area contributed by atoms with E-state index in [0.717, 1.165) is 16.7 Å². The predicted molar refractivity (Wildman–Crippen MR) is 87.3 cm³/mol. The van der Waals surface area contributed by atoms with Crippen molar-refractivity contribution in [2.75, 3.05) is 0 Å². The highest BCUT2D eigenvalue weighted by atomic mass is 35.5. The van der Waals surface area contributed by atoms with Gasteiger partial charge in [-0.15, -0.1) is 0 Å². The standard InChI is InChI=1S/C15H13Cl2NOS/c16-13-5-1-10(2-6-13)8-19-9-12-4-3-11(15(18)20)7-14(12)17/h1-7H,8-9H2,(H2,18,20). The summed E-state index contributed by atoms with van der Waals surface area (Å²) in [5.41, 5.74) is 8.27. The van der Waals surface area contributed by atoms with Gasteiger partial charge in [0.25, 0.3) is 0 Å². The molecular weight excluding hydrogens is 313 g/mol. The Bertz CT molecular complexity index is 614. The van der Waals surface area contributed by atoms with Crippen LogP contribution in [0, 0.1) is 0 Å². The average Bonchev–Trinajstić information content (AvgIpc) is 2.42. The highest BCUT2D eigenvalue weighted by Crippen LogP contribution is 2.19. The Kier molecular flexibility index (Phi) is 5.38. The van der Waals surface area contributed by atoms with Crippen LogP contribution in [0.2, 0.25) is 10.0 Å². The normalized spacial score (nSPS) is 10.5. The lowest BCUT2D eigenvalue weighted by atomic mass is 10.1. The highest BCUT2D eigenvalue weighted by molar-refractivity contribution is 7.80. The van der Waals surface area contributed by atoms with Gasteiger partial charge in [0.2, 0.25) is 0 Å². The van der Waals surface area contributed by atoms with Gasteiger partial charge in [-0.25, -0.2) is 0 Å². The van der Waals surface area contributed by atoms with Crippen molar-refractivity contribution < 1.29 is 4.74 Å². The topological polar surface area (TPSA) is 35.2 Å². The zero-order valence-corrected chi connectivity index (χ0v) is 12.9. The van der Waals surface area contributed by atoms with E-state index in [1.807, 2.05) is 36.4 Å². The fourth-order valence-corrected chi connectivity index (χ4v) is 2.17. The number of ether oxygens (including phenoxy) is 1. The first-order valence-electron chi connectivity index (χ1n) is 5.96. The van der Waals surface area contributed by atoms with Crippen molar-refractivity contribution in [3.63, 3.8) is 0 Å². The van der Waals surface area contributed by atoms with Gasteiger partial charge in [0, 0.05) is 15.6 Å². The first-order chi connectivity index (χ1) is 9.56. The minimum absolute atomic E-state index is 0.334. The second kappa shape index (κ2) is 7.04. The minimum atomic E-state index is 0.334. The molecule has 0 fully saturated rings. The van der Waals surface area contributed by atoms with E-state index in [1.54, 1.807) is 6.07 Å². The lowest BCUT2D eigenvalue weighted by Gasteiger charge is -2.08. The van der Waals surface area contributed by atoms with Crippen LogP contribution >= 0.6 is 35.4 Å². The average molecular weight is 326 g/mol. The third-order valence-corrected chi connectivity index (χ3v) is 3.62. The molecule has 5 heteroatoms. The molecule has 0 amide bonds. The lowest BCUT2D eigenvalue weighted by molar-refractivity contribution is 0.107. The molecule has 0 atom stereocenters. The molecule has 0 saturated carbocycles. The van der Waals surface area contributed by atoms with E-state index < -0.39 is 0 Å². The molecule has 0 aromatic heterocycles. The Balaban J connectivity index is 1.94. The molecule has 2 aromatic carbocycles. The van der Waals surface area contributed by atoms with Crippen molar-refractivity contribution in [2.45, 2.75) is 13.2 Å². The lowest BCUT2D eigenvalue weighted by Crippen LogP contribution is -2.09. The monoisotopic (exact) mass is 325 g/mol. The predicted octanol–water partition coefficient (Wildman–Crippen LogP) is 4.34. The van der Waals surface area contributed by atoms with E-state index >= 15 is 0 Å². The molecule has 2 aromatic rings. The summed E-state index contributed by atoms with van der Waals surface area (Å²) < 4.78 is 5.64. The van der Waals surface area contributed by atoms with E-state index in [9.17, 15) is 0 Å². The highest BCUT2D eigenvalue weighted by Gasteiger charge is 2.04. The molecule has 0 unspecified atom stereocenters. The number of thiocarbonyl (C=S) groups is 1. The quantitative estimate of drug-likeness (QED) is 0.830. The largest absolute Gasteiger partial charge is 0.389 e. The Morgan fingerprint density at radius 1 is 1.05 bits per heavy atom. The molecule has 2 rings (SSSR count). The molecule has 0 spiro atoms.